The van der Waals surface area contributed by atoms with Gasteiger partial charge in [-0.05, 0) is 18.4 Å². The number of benzene rings is 1. The molecule has 0 radical (unpaired) electrons. The minimum Gasteiger partial charge on any atom is -0.411 e. The molecule has 2 rings (SSSR count). The molecule has 0 spiro atoms. The number of pyridine rings is 1. The lowest BCUT2D eigenvalue weighted by atomic mass is 10.0. The van der Waals surface area contributed by atoms with Crippen LogP contribution < -0.4 is 0 Å². The summed E-state index contributed by atoms with van der Waals surface area (Å²) in [6, 6.07) is 7.75. The van der Waals surface area contributed by atoms with Crippen LogP contribution in [-0.2, 0) is 0 Å². The maximum absolute atomic E-state index is 8.72. The number of nitrogens with zero attached hydrogens (tertiary/aromatic N) is 2. The van der Waals surface area contributed by atoms with E-state index in [0.717, 1.165) is 16.3 Å². The molecular weight excluding hydrogens is 176 g/mol. The lowest BCUT2D eigenvalue weighted by Gasteiger charge is -2.03. The number of hydrogen-bond acceptors (Lipinski definition) is 3. The number of oxime groups is 1. The SMILES string of the molecule is C/C(=N\O)c1cccc2cnccc12. The van der Waals surface area contributed by atoms with Crippen molar-refractivity contribution in [3.8, 4) is 0 Å². The molecule has 2 aromatic rings. The Labute approximate surface area is 81.7 Å². The van der Waals surface area contributed by atoms with Crippen molar-refractivity contribution in [2.75, 3.05) is 0 Å². The van der Waals surface area contributed by atoms with Gasteiger partial charge < -0.3 is 5.21 Å². The van der Waals surface area contributed by atoms with Crippen molar-refractivity contribution in [1.29, 1.82) is 0 Å². The van der Waals surface area contributed by atoms with Gasteiger partial charge in [0.1, 0.15) is 0 Å². The molecule has 1 N–H and O–H groups in total. The average Bonchev–Trinajstić information content (AvgIpc) is 2.27. The fourth-order valence-corrected chi connectivity index (χ4v) is 1.49. The van der Waals surface area contributed by atoms with Crippen LogP contribution in [0, 0.1) is 0 Å². The Balaban J connectivity index is 2.77. The van der Waals surface area contributed by atoms with Crippen molar-refractivity contribution in [2.45, 2.75) is 6.92 Å². The van der Waals surface area contributed by atoms with E-state index >= 15 is 0 Å². The predicted octanol–water partition coefficient (Wildman–Crippen LogP) is 2.43. The molecule has 0 unspecified atom stereocenters. The Kier molecular flexibility index (Phi) is 2.14. The zero-order chi connectivity index (χ0) is 9.97. The van der Waals surface area contributed by atoms with Crippen molar-refractivity contribution in [3.05, 3.63) is 42.2 Å². The molecular formula is C11H10N2O. The third kappa shape index (κ3) is 1.33. The van der Waals surface area contributed by atoms with Crippen LogP contribution in [0.3, 0.4) is 0 Å². The van der Waals surface area contributed by atoms with E-state index in [2.05, 4.69) is 10.1 Å². The van der Waals surface area contributed by atoms with Gasteiger partial charge in [0, 0.05) is 23.3 Å². The molecule has 1 aromatic heterocycles. The van der Waals surface area contributed by atoms with E-state index in [1.54, 1.807) is 19.3 Å². The van der Waals surface area contributed by atoms with Gasteiger partial charge in [-0.25, -0.2) is 0 Å². The minimum absolute atomic E-state index is 0.613. The summed E-state index contributed by atoms with van der Waals surface area (Å²) in [5, 5.41) is 14.0. The molecule has 1 heterocycles. The van der Waals surface area contributed by atoms with E-state index in [0.29, 0.717) is 5.71 Å². The maximum atomic E-state index is 8.72. The monoisotopic (exact) mass is 186 g/mol. The van der Waals surface area contributed by atoms with Gasteiger partial charge >= 0.3 is 0 Å². The van der Waals surface area contributed by atoms with Crippen LogP contribution in [0.1, 0.15) is 12.5 Å². The normalized spacial score (nSPS) is 11.9. The fraction of sp³-hybridized carbons (Fsp3) is 0.0909. The summed E-state index contributed by atoms with van der Waals surface area (Å²) in [4.78, 5) is 4.04. The van der Waals surface area contributed by atoms with Crippen LogP contribution in [0.5, 0.6) is 0 Å². The van der Waals surface area contributed by atoms with Crippen LogP contribution in [0.2, 0.25) is 0 Å². The van der Waals surface area contributed by atoms with Crippen molar-refractivity contribution in [2.24, 2.45) is 5.16 Å². The van der Waals surface area contributed by atoms with Gasteiger partial charge in [0.15, 0.2) is 0 Å². The highest BCUT2D eigenvalue weighted by molar-refractivity contribution is 6.09. The van der Waals surface area contributed by atoms with Gasteiger partial charge in [-0.2, -0.15) is 0 Å². The molecule has 0 bridgehead atoms. The number of rotatable bonds is 1. The second kappa shape index (κ2) is 3.46. The Morgan fingerprint density at radius 3 is 3.00 bits per heavy atom. The highest BCUT2D eigenvalue weighted by Crippen LogP contribution is 2.17. The molecule has 0 atom stereocenters. The van der Waals surface area contributed by atoms with E-state index < -0.39 is 0 Å². The topological polar surface area (TPSA) is 45.5 Å². The van der Waals surface area contributed by atoms with E-state index in [1.165, 1.54) is 0 Å². The fourth-order valence-electron chi connectivity index (χ4n) is 1.49. The van der Waals surface area contributed by atoms with Crippen molar-refractivity contribution < 1.29 is 5.21 Å². The predicted molar refractivity (Wildman–Crippen MR) is 55.7 cm³/mol. The summed E-state index contributed by atoms with van der Waals surface area (Å²) in [6.45, 7) is 1.77. The first-order valence-corrected chi connectivity index (χ1v) is 4.34. The Morgan fingerprint density at radius 1 is 1.36 bits per heavy atom. The highest BCUT2D eigenvalue weighted by Gasteiger charge is 2.02. The number of hydrogen-bond donors (Lipinski definition) is 1. The molecule has 0 aliphatic carbocycles. The summed E-state index contributed by atoms with van der Waals surface area (Å²) in [7, 11) is 0. The van der Waals surface area contributed by atoms with Crippen molar-refractivity contribution >= 4 is 16.5 Å². The Bertz CT molecular complexity index is 486. The number of fused-ring (bicyclic) bond motifs is 1. The number of aromatic nitrogens is 1. The molecule has 0 saturated heterocycles. The van der Waals surface area contributed by atoms with Crippen LogP contribution >= 0.6 is 0 Å². The Hall–Kier alpha value is -1.90. The van der Waals surface area contributed by atoms with E-state index in [9.17, 15) is 0 Å². The van der Waals surface area contributed by atoms with Crippen molar-refractivity contribution in [3.63, 3.8) is 0 Å². The first kappa shape index (κ1) is 8.69. The van der Waals surface area contributed by atoms with Gasteiger partial charge in [0.25, 0.3) is 0 Å². The largest absolute Gasteiger partial charge is 0.411 e. The van der Waals surface area contributed by atoms with Gasteiger partial charge in [0.05, 0.1) is 5.71 Å². The molecule has 3 nitrogen and oxygen atoms in total. The van der Waals surface area contributed by atoms with Gasteiger partial charge in [-0.1, -0.05) is 23.4 Å². The zero-order valence-corrected chi connectivity index (χ0v) is 7.81. The first-order chi connectivity index (χ1) is 6.83. The highest BCUT2D eigenvalue weighted by atomic mass is 16.4. The third-order valence-corrected chi connectivity index (χ3v) is 2.22. The van der Waals surface area contributed by atoms with Gasteiger partial charge in [0.2, 0.25) is 0 Å². The summed E-state index contributed by atoms with van der Waals surface area (Å²) in [5.74, 6) is 0. The molecule has 70 valence electrons. The lowest BCUT2D eigenvalue weighted by Crippen LogP contribution is -1.95. The summed E-state index contributed by atoms with van der Waals surface area (Å²) >= 11 is 0. The second-order valence-electron chi connectivity index (χ2n) is 3.09. The average molecular weight is 186 g/mol. The maximum Gasteiger partial charge on any atom is 0.0843 e. The van der Waals surface area contributed by atoms with Crippen LogP contribution in [0.15, 0.2) is 41.8 Å². The minimum atomic E-state index is 0.613. The Morgan fingerprint density at radius 2 is 2.21 bits per heavy atom. The van der Waals surface area contributed by atoms with E-state index in [1.807, 2.05) is 24.3 Å². The second-order valence-corrected chi connectivity index (χ2v) is 3.09. The zero-order valence-electron chi connectivity index (χ0n) is 7.81. The molecule has 0 fully saturated rings. The van der Waals surface area contributed by atoms with E-state index in [4.69, 9.17) is 5.21 Å². The molecule has 14 heavy (non-hydrogen) atoms. The van der Waals surface area contributed by atoms with Crippen LogP contribution in [0.4, 0.5) is 0 Å². The molecule has 3 heteroatoms. The standard InChI is InChI=1S/C11H10N2O/c1-8(13-14)10-4-2-3-9-7-12-6-5-11(9)10/h2-7,14H,1H3/b13-8+. The molecule has 0 aliphatic heterocycles. The lowest BCUT2D eigenvalue weighted by molar-refractivity contribution is 0.319. The summed E-state index contributed by atoms with van der Waals surface area (Å²) < 4.78 is 0. The molecule has 0 saturated carbocycles. The summed E-state index contributed by atoms with van der Waals surface area (Å²) in [6.07, 6.45) is 3.53. The smallest absolute Gasteiger partial charge is 0.0843 e. The first-order valence-electron chi connectivity index (χ1n) is 4.34. The van der Waals surface area contributed by atoms with Crippen LogP contribution in [-0.4, -0.2) is 15.9 Å². The van der Waals surface area contributed by atoms with Gasteiger partial charge in [-0.3, -0.25) is 4.98 Å². The third-order valence-electron chi connectivity index (χ3n) is 2.22. The quantitative estimate of drug-likeness (QED) is 0.422. The summed E-state index contributed by atoms with van der Waals surface area (Å²) in [5.41, 5.74) is 1.55. The molecule has 0 amide bonds. The van der Waals surface area contributed by atoms with E-state index in [-0.39, 0.29) is 0 Å². The molecule has 1 aromatic carbocycles. The van der Waals surface area contributed by atoms with Crippen molar-refractivity contribution in [1.82, 2.24) is 4.98 Å². The van der Waals surface area contributed by atoms with Crippen LogP contribution in [0.25, 0.3) is 10.8 Å². The molecule has 0 aliphatic rings. The van der Waals surface area contributed by atoms with Gasteiger partial charge in [-0.15, -0.1) is 0 Å².